The van der Waals surface area contributed by atoms with Crippen molar-refractivity contribution in [2.45, 2.75) is 71.9 Å². The van der Waals surface area contributed by atoms with E-state index in [0.29, 0.717) is 5.41 Å². The van der Waals surface area contributed by atoms with Crippen LogP contribution in [0, 0.1) is 17.3 Å². The molecule has 0 spiro atoms. The maximum absolute atomic E-state index is 3.93. The van der Waals surface area contributed by atoms with Crippen molar-refractivity contribution in [2.75, 3.05) is 0 Å². The van der Waals surface area contributed by atoms with Gasteiger partial charge in [-0.3, -0.25) is 0 Å². The summed E-state index contributed by atoms with van der Waals surface area (Å²) < 4.78 is 0. The van der Waals surface area contributed by atoms with Crippen LogP contribution in [0.15, 0.2) is 0 Å². The van der Waals surface area contributed by atoms with Gasteiger partial charge >= 0.3 is 0 Å². The maximum atomic E-state index is 3.93. The van der Waals surface area contributed by atoms with Crippen LogP contribution in [0.5, 0.6) is 0 Å². The van der Waals surface area contributed by atoms with E-state index >= 15 is 0 Å². The highest BCUT2D eigenvalue weighted by atomic mass is 15.0. The van der Waals surface area contributed by atoms with E-state index in [2.05, 4.69) is 33.0 Å². The van der Waals surface area contributed by atoms with Gasteiger partial charge < -0.3 is 5.32 Å². The van der Waals surface area contributed by atoms with Gasteiger partial charge in [0.2, 0.25) is 0 Å². The second kappa shape index (κ2) is 4.08. The summed E-state index contributed by atoms with van der Waals surface area (Å²) in [5.41, 5.74) is 0.568. The topological polar surface area (TPSA) is 12.0 Å². The average Bonchev–Trinajstić information content (AvgIpc) is 2.59. The second-order valence-corrected chi connectivity index (χ2v) is 6.84. The van der Waals surface area contributed by atoms with Crippen LogP contribution >= 0.6 is 0 Å². The van der Waals surface area contributed by atoms with Crippen LogP contribution in [-0.4, -0.2) is 12.1 Å². The Labute approximate surface area is 95.0 Å². The molecule has 0 aliphatic heterocycles. The Hall–Kier alpha value is -0.0400. The predicted molar refractivity (Wildman–Crippen MR) is 65.9 cm³/mol. The molecule has 0 bridgehead atoms. The zero-order valence-electron chi connectivity index (χ0n) is 10.8. The number of hydrogen-bond acceptors (Lipinski definition) is 1. The SMILES string of the molecule is CC1CCCC1NC1CC(C)(C)CC1C. The van der Waals surface area contributed by atoms with Crippen molar-refractivity contribution in [3.8, 4) is 0 Å². The molecule has 0 aromatic carbocycles. The molecule has 4 atom stereocenters. The van der Waals surface area contributed by atoms with E-state index in [1.807, 2.05) is 0 Å². The highest BCUT2D eigenvalue weighted by Gasteiger charge is 2.38. The summed E-state index contributed by atoms with van der Waals surface area (Å²) in [4.78, 5) is 0. The molecule has 0 heterocycles. The van der Waals surface area contributed by atoms with Gasteiger partial charge in [0, 0.05) is 12.1 Å². The van der Waals surface area contributed by atoms with Crippen molar-refractivity contribution < 1.29 is 0 Å². The molecule has 1 nitrogen and oxygen atoms in total. The highest BCUT2D eigenvalue weighted by Crippen LogP contribution is 2.41. The lowest BCUT2D eigenvalue weighted by atomic mass is 9.91. The fraction of sp³-hybridized carbons (Fsp3) is 1.00. The lowest BCUT2D eigenvalue weighted by molar-refractivity contribution is 0.324. The van der Waals surface area contributed by atoms with Gasteiger partial charge in [0.25, 0.3) is 0 Å². The van der Waals surface area contributed by atoms with E-state index in [-0.39, 0.29) is 0 Å². The van der Waals surface area contributed by atoms with Crippen LogP contribution in [0.1, 0.15) is 59.8 Å². The van der Waals surface area contributed by atoms with E-state index in [1.165, 1.54) is 32.1 Å². The quantitative estimate of drug-likeness (QED) is 0.733. The fourth-order valence-electron chi connectivity index (χ4n) is 3.78. The molecular weight excluding hydrogens is 182 g/mol. The summed E-state index contributed by atoms with van der Waals surface area (Å²) >= 11 is 0. The maximum Gasteiger partial charge on any atom is 0.0101 e. The first-order chi connectivity index (χ1) is 6.98. The van der Waals surface area contributed by atoms with Crippen molar-refractivity contribution in [3.63, 3.8) is 0 Å². The molecule has 0 saturated heterocycles. The van der Waals surface area contributed by atoms with Crippen LogP contribution in [0.4, 0.5) is 0 Å². The molecule has 2 aliphatic carbocycles. The number of hydrogen-bond donors (Lipinski definition) is 1. The van der Waals surface area contributed by atoms with Gasteiger partial charge in [-0.2, -0.15) is 0 Å². The largest absolute Gasteiger partial charge is 0.311 e. The van der Waals surface area contributed by atoms with Crippen LogP contribution in [-0.2, 0) is 0 Å². The predicted octanol–water partition coefficient (Wildman–Crippen LogP) is 3.59. The second-order valence-electron chi connectivity index (χ2n) is 6.84. The highest BCUT2D eigenvalue weighted by molar-refractivity contribution is 4.94. The first-order valence-corrected chi connectivity index (χ1v) is 6.74. The van der Waals surface area contributed by atoms with Crippen LogP contribution < -0.4 is 5.32 Å². The third-order valence-corrected chi connectivity index (χ3v) is 4.62. The summed E-state index contributed by atoms with van der Waals surface area (Å²) in [6.45, 7) is 9.67. The lowest BCUT2D eigenvalue weighted by Crippen LogP contribution is -2.41. The van der Waals surface area contributed by atoms with Crippen molar-refractivity contribution in [1.82, 2.24) is 5.32 Å². The fourth-order valence-corrected chi connectivity index (χ4v) is 3.78. The van der Waals surface area contributed by atoms with Crippen molar-refractivity contribution in [3.05, 3.63) is 0 Å². The minimum atomic E-state index is 0.568. The minimum Gasteiger partial charge on any atom is -0.311 e. The van der Waals surface area contributed by atoms with Crippen LogP contribution in [0.3, 0.4) is 0 Å². The Kier molecular flexibility index (Phi) is 3.12. The normalized spacial score (nSPS) is 44.8. The molecule has 0 radical (unpaired) electrons. The number of rotatable bonds is 2. The molecule has 0 aromatic rings. The smallest absolute Gasteiger partial charge is 0.0101 e. The van der Waals surface area contributed by atoms with E-state index < -0.39 is 0 Å². The summed E-state index contributed by atoms with van der Waals surface area (Å²) in [5, 5.41) is 3.93. The molecule has 4 unspecified atom stereocenters. The van der Waals surface area contributed by atoms with Crippen molar-refractivity contribution in [2.24, 2.45) is 17.3 Å². The van der Waals surface area contributed by atoms with Gasteiger partial charge in [-0.05, 0) is 42.9 Å². The molecule has 1 heteroatoms. The van der Waals surface area contributed by atoms with Gasteiger partial charge in [0.05, 0.1) is 0 Å². The molecule has 2 rings (SSSR count). The third kappa shape index (κ3) is 2.55. The summed E-state index contributed by atoms with van der Waals surface area (Å²) in [7, 11) is 0. The number of nitrogens with one attached hydrogen (secondary N) is 1. The Morgan fingerprint density at radius 1 is 0.933 bits per heavy atom. The average molecular weight is 209 g/mol. The van der Waals surface area contributed by atoms with Crippen molar-refractivity contribution in [1.29, 1.82) is 0 Å². The van der Waals surface area contributed by atoms with Crippen LogP contribution in [0.2, 0.25) is 0 Å². The van der Waals surface area contributed by atoms with Gasteiger partial charge in [0.1, 0.15) is 0 Å². The third-order valence-electron chi connectivity index (χ3n) is 4.62. The van der Waals surface area contributed by atoms with Crippen LogP contribution in [0.25, 0.3) is 0 Å². The monoisotopic (exact) mass is 209 g/mol. The van der Waals surface area contributed by atoms with E-state index in [0.717, 1.165) is 23.9 Å². The molecule has 2 aliphatic rings. The summed E-state index contributed by atoms with van der Waals surface area (Å²) in [6, 6.07) is 1.59. The van der Waals surface area contributed by atoms with E-state index in [1.54, 1.807) is 0 Å². The Morgan fingerprint density at radius 3 is 2.13 bits per heavy atom. The van der Waals surface area contributed by atoms with Gasteiger partial charge in [-0.25, -0.2) is 0 Å². The summed E-state index contributed by atoms with van der Waals surface area (Å²) in [5.74, 6) is 1.77. The molecule has 15 heavy (non-hydrogen) atoms. The summed E-state index contributed by atoms with van der Waals surface area (Å²) in [6.07, 6.45) is 7.04. The lowest BCUT2D eigenvalue weighted by Gasteiger charge is -2.25. The minimum absolute atomic E-state index is 0.568. The molecule has 88 valence electrons. The van der Waals surface area contributed by atoms with E-state index in [4.69, 9.17) is 0 Å². The Balaban J connectivity index is 1.89. The standard InChI is InChI=1S/C14H27N/c1-10-6-5-7-12(10)15-13-9-14(3,4)8-11(13)2/h10-13,15H,5-9H2,1-4H3. The molecule has 2 fully saturated rings. The molecule has 0 amide bonds. The zero-order chi connectivity index (χ0) is 11.1. The molecule has 2 saturated carbocycles. The zero-order valence-corrected chi connectivity index (χ0v) is 10.8. The van der Waals surface area contributed by atoms with E-state index in [9.17, 15) is 0 Å². The molecular formula is C14H27N. The van der Waals surface area contributed by atoms with Crippen molar-refractivity contribution >= 4 is 0 Å². The first-order valence-electron chi connectivity index (χ1n) is 6.74. The van der Waals surface area contributed by atoms with Gasteiger partial charge in [-0.15, -0.1) is 0 Å². The first kappa shape index (κ1) is 11.4. The Bertz CT molecular complexity index is 221. The Morgan fingerprint density at radius 2 is 1.67 bits per heavy atom. The molecule has 1 N–H and O–H groups in total. The molecule has 0 aromatic heterocycles. The van der Waals surface area contributed by atoms with Gasteiger partial charge in [-0.1, -0.05) is 34.1 Å². The van der Waals surface area contributed by atoms with Gasteiger partial charge in [0.15, 0.2) is 0 Å².